The average molecular weight is 357 g/mol. The van der Waals surface area contributed by atoms with Gasteiger partial charge in [0.15, 0.2) is 0 Å². The van der Waals surface area contributed by atoms with Gasteiger partial charge in [-0.3, -0.25) is 4.98 Å². The van der Waals surface area contributed by atoms with E-state index in [1.54, 1.807) is 0 Å². The van der Waals surface area contributed by atoms with Crippen molar-refractivity contribution in [3.8, 4) is 0 Å². The van der Waals surface area contributed by atoms with E-state index in [0.29, 0.717) is 24.1 Å². The third-order valence-corrected chi connectivity index (χ3v) is 5.91. The fourth-order valence-electron chi connectivity index (χ4n) is 2.38. The summed E-state index contributed by atoms with van der Waals surface area (Å²) in [4.78, 5) is 15.2. The van der Waals surface area contributed by atoms with Crippen LogP contribution in [0.3, 0.4) is 0 Å². The van der Waals surface area contributed by atoms with Crippen molar-refractivity contribution < 1.29 is 23.1 Å². The number of carboxylic acids is 1. The third kappa shape index (κ3) is 2.90. The fraction of sp³-hybridized carbons (Fsp3) is 0.286. The number of fused-ring (bicyclic) bond motifs is 1. The summed E-state index contributed by atoms with van der Waals surface area (Å²) < 4.78 is 31.8. The molecule has 7 nitrogen and oxygen atoms in total. The largest absolute Gasteiger partial charge is 0.478 e. The Hall–Kier alpha value is -1.74. The van der Waals surface area contributed by atoms with Gasteiger partial charge in [-0.1, -0.05) is 11.6 Å². The highest BCUT2D eigenvalue weighted by Crippen LogP contribution is 2.29. The maximum atomic E-state index is 12.7. The summed E-state index contributed by atoms with van der Waals surface area (Å²) in [5.74, 6) is -1.22. The van der Waals surface area contributed by atoms with Crippen molar-refractivity contribution >= 4 is 38.5 Å². The lowest BCUT2D eigenvalue weighted by atomic mass is 10.1. The Morgan fingerprint density at radius 3 is 2.65 bits per heavy atom. The summed E-state index contributed by atoms with van der Waals surface area (Å²) in [6.45, 7) is 1.25. The molecule has 9 heteroatoms. The summed E-state index contributed by atoms with van der Waals surface area (Å²) >= 11 is 6.10. The van der Waals surface area contributed by atoms with E-state index in [4.69, 9.17) is 21.4 Å². The van der Waals surface area contributed by atoms with Crippen molar-refractivity contribution in [2.24, 2.45) is 0 Å². The summed E-state index contributed by atoms with van der Waals surface area (Å²) in [5.41, 5.74) is 0.265. The van der Waals surface area contributed by atoms with Gasteiger partial charge in [0.2, 0.25) is 10.0 Å². The first-order valence-electron chi connectivity index (χ1n) is 6.81. The van der Waals surface area contributed by atoms with E-state index >= 15 is 0 Å². The van der Waals surface area contributed by atoms with Crippen LogP contribution in [0.2, 0.25) is 5.02 Å². The number of aromatic carboxylic acids is 1. The van der Waals surface area contributed by atoms with Crippen LogP contribution in [-0.2, 0) is 14.8 Å². The van der Waals surface area contributed by atoms with Gasteiger partial charge in [0.1, 0.15) is 0 Å². The normalized spacial score (nSPS) is 16.6. The minimum atomic E-state index is -3.68. The quantitative estimate of drug-likeness (QED) is 0.897. The lowest BCUT2D eigenvalue weighted by Gasteiger charge is -2.26. The van der Waals surface area contributed by atoms with Gasteiger partial charge in [0.05, 0.1) is 34.2 Å². The van der Waals surface area contributed by atoms with Gasteiger partial charge in [-0.2, -0.15) is 4.31 Å². The maximum absolute atomic E-state index is 12.7. The van der Waals surface area contributed by atoms with Crippen LogP contribution in [0.5, 0.6) is 0 Å². The molecule has 0 saturated carbocycles. The molecule has 0 atom stereocenters. The first-order valence-corrected chi connectivity index (χ1v) is 8.62. The van der Waals surface area contributed by atoms with Gasteiger partial charge in [0.25, 0.3) is 0 Å². The van der Waals surface area contributed by atoms with Crippen LogP contribution in [0.15, 0.2) is 29.3 Å². The number of nitrogens with zero attached hydrogens (tertiary/aromatic N) is 2. The number of benzene rings is 1. The van der Waals surface area contributed by atoms with Gasteiger partial charge in [-0.25, -0.2) is 13.2 Å². The van der Waals surface area contributed by atoms with E-state index in [9.17, 15) is 13.2 Å². The Labute approximate surface area is 137 Å². The number of sulfonamides is 1. The van der Waals surface area contributed by atoms with Gasteiger partial charge in [-0.15, -0.1) is 0 Å². The molecular weight excluding hydrogens is 344 g/mol. The molecule has 1 fully saturated rings. The molecule has 1 N–H and O–H groups in total. The highest BCUT2D eigenvalue weighted by Gasteiger charge is 2.27. The molecule has 0 spiro atoms. The summed E-state index contributed by atoms with van der Waals surface area (Å²) in [5, 5.41) is 9.36. The molecule has 1 saturated heterocycles. The van der Waals surface area contributed by atoms with Crippen molar-refractivity contribution in [1.82, 2.24) is 9.29 Å². The molecule has 1 aromatic heterocycles. The van der Waals surface area contributed by atoms with Crippen LogP contribution in [0.1, 0.15) is 10.4 Å². The van der Waals surface area contributed by atoms with Gasteiger partial charge in [-0.05, 0) is 18.2 Å². The molecule has 122 valence electrons. The van der Waals surface area contributed by atoms with Gasteiger partial charge < -0.3 is 9.84 Å². The van der Waals surface area contributed by atoms with Crippen molar-refractivity contribution in [3.05, 3.63) is 35.0 Å². The van der Waals surface area contributed by atoms with E-state index < -0.39 is 16.0 Å². The van der Waals surface area contributed by atoms with Crippen LogP contribution in [0.4, 0.5) is 0 Å². The highest BCUT2D eigenvalue weighted by molar-refractivity contribution is 7.89. The van der Waals surface area contributed by atoms with E-state index in [1.165, 1.54) is 22.5 Å². The van der Waals surface area contributed by atoms with Crippen molar-refractivity contribution in [2.75, 3.05) is 26.3 Å². The minimum Gasteiger partial charge on any atom is -0.478 e. The zero-order chi connectivity index (χ0) is 16.6. The van der Waals surface area contributed by atoms with Crippen molar-refractivity contribution in [1.29, 1.82) is 0 Å². The third-order valence-electron chi connectivity index (χ3n) is 3.61. The molecular formula is C14H13ClN2O5S. The first kappa shape index (κ1) is 16.1. The van der Waals surface area contributed by atoms with E-state index in [0.717, 1.165) is 6.20 Å². The van der Waals surface area contributed by atoms with Crippen LogP contribution >= 0.6 is 11.6 Å². The zero-order valence-corrected chi connectivity index (χ0v) is 13.5. The van der Waals surface area contributed by atoms with Crippen LogP contribution in [-0.4, -0.2) is 55.1 Å². The van der Waals surface area contributed by atoms with Crippen LogP contribution in [0.25, 0.3) is 10.9 Å². The Morgan fingerprint density at radius 1 is 1.30 bits per heavy atom. The lowest BCUT2D eigenvalue weighted by molar-refractivity contribution is 0.0697. The summed E-state index contributed by atoms with van der Waals surface area (Å²) in [7, 11) is -3.68. The number of morpholine rings is 1. The summed E-state index contributed by atoms with van der Waals surface area (Å²) in [6.07, 6.45) is 1.16. The van der Waals surface area contributed by atoms with Gasteiger partial charge in [0, 0.05) is 24.7 Å². The fourth-order valence-corrected chi connectivity index (χ4v) is 4.10. The standard InChI is InChI=1S/C14H13ClN2O5S/c15-13-10-7-9(23(20,21)17-3-5-22-6-4-17)1-2-12(10)16-8-11(13)14(18)19/h1-2,7-8H,3-6H2,(H,18,19). The number of hydrogen-bond acceptors (Lipinski definition) is 5. The Morgan fingerprint density at radius 2 is 2.00 bits per heavy atom. The Balaban J connectivity index is 2.12. The SMILES string of the molecule is O=C(O)c1cnc2ccc(S(=O)(=O)N3CCOCC3)cc2c1Cl. The molecule has 0 amide bonds. The number of carbonyl (C=O) groups is 1. The molecule has 1 aromatic carbocycles. The number of rotatable bonds is 3. The Bertz CT molecular complexity index is 878. The molecule has 0 unspecified atom stereocenters. The highest BCUT2D eigenvalue weighted by atomic mass is 35.5. The Kier molecular flexibility index (Phi) is 4.24. The average Bonchev–Trinajstić information content (AvgIpc) is 2.55. The second-order valence-corrected chi connectivity index (χ2v) is 7.30. The molecule has 0 aliphatic carbocycles. The van der Waals surface area contributed by atoms with Crippen molar-refractivity contribution in [2.45, 2.75) is 4.90 Å². The maximum Gasteiger partial charge on any atom is 0.338 e. The van der Waals surface area contributed by atoms with Gasteiger partial charge >= 0.3 is 5.97 Å². The molecule has 2 aromatic rings. The van der Waals surface area contributed by atoms with E-state index in [1.807, 2.05) is 0 Å². The topological polar surface area (TPSA) is 96.8 Å². The number of carboxylic acid groups (broad SMARTS) is 1. The predicted molar refractivity (Wildman–Crippen MR) is 83.3 cm³/mol. The number of pyridine rings is 1. The zero-order valence-electron chi connectivity index (χ0n) is 11.9. The molecule has 3 rings (SSSR count). The number of halogens is 1. The monoisotopic (exact) mass is 356 g/mol. The smallest absolute Gasteiger partial charge is 0.338 e. The number of aromatic nitrogens is 1. The van der Waals surface area contributed by atoms with E-state index in [-0.39, 0.29) is 28.6 Å². The lowest BCUT2D eigenvalue weighted by Crippen LogP contribution is -2.40. The second-order valence-electron chi connectivity index (χ2n) is 4.99. The molecule has 1 aliphatic heterocycles. The number of hydrogen-bond donors (Lipinski definition) is 1. The molecule has 23 heavy (non-hydrogen) atoms. The first-order chi connectivity index (χ1) is 10.9. The van der Waals surface area contributed by atoms with Crippen LogP contribution in [0, 0.1) is 0 Å². The van der Waals surface area contributed by atoms with E-state index in [2.05, 4.69) is 4.98 Å². The number of ether oxygens (including phenoxy) is 1. The predicted octanol–water partition coefficient (Wildman–Crippen LogP) is 1.61. The molecule has 1 aliphatic rings. The molecule has 2 heterocycles. The molecule has 0 radical (unpaired) electrons. The second kappa shape index (κ2) is 6.04. The summed E-state index contributed by atoms with van der Waals surface area (Å²) in [6, 6.07) is 4.32. The molecule has 0 bridgehead atoms. The van der Waals surface area contributed by atoms with Crippen LogP contribution < -0.4 is 0 Å². The van der Waals surface area contributed by atoms with Crippen molar-refractivity contribution in [3.63, 3.8) is 0 Å². The minimum absolute atomic E-state index is 0.0264.